The Labute approximate surface area is 148 Å². The van der Waals surface area contributed by atoms with Crippen molar-refractivity contribution in [3.8, 4) is 0 Å². The van der Waals surface area contributed by atoms with Crippen LogP contribution in [0.15, 0.2) is 48.5 Å². The molecule has 0 radical (unpaired) electrons. The predicted octanol–water partition coefficient (Wildman–Crippen LogP) is 3.28. The van der Waals surface area contributed by atoms with Crippen molar-refractivity contribution in [3.05, 3.63) is 74.8 Å². The third-order valence-corrected chi connectivity index (χ3v) is 3.61. The van der Waals surface area contributed by atoms with Crippen LogP contribution in [0.5, 0.6) is 0 Å². The van der Waals surface area contributed by atoms with Crippen molar-refractivity contribution >= 4 is 29.2 Å². The fourth-order valence-electron chi connectivity index (χ4n) is 2.08. The number of hydrogen-bond donors (Lipinski definition) is 1. The van der Waals surface area contributed by atoms with Gasteiger partial charge in [-0.3, -0.25) is 14.9 Å². The zero-order valence-electron chi connectivity index (χ0n) is 13.3. The molecule has 0 aliphatic heterocycles. The Morgan fingerprint density at radius 1 is 1.24 bits per heavy atom. The van der Waals surface area contributed by atoms with Crippen molar-refractivity contribution < 1.29 is 19.2 Å². The average molecular weight is 363 g/mol. The molecule has 0 saturated carbocycles. The summed E-state index contributed by atoms with van der Waals surface area (Å²) in [5, 5.41) is 13.8. The summed E-state index contributed by atoms with van der Waals surface area (Å²) in [5.41, 5.74) is 0.813. The lowest BCUT2D eigenvalue weighted by Crippen LogP contribution is -2.31. The maximum absolute atomic E-state index is 11.9. The molecular formula is C17H15ClN2O5. The molecule has 8 heteroatoms. The van der Waals surface area contributed by atoms with E-state index in [0.29, 0.717) is 5.02 Å². The first-order valence-corrected chi connectivity index (χ1v) is 7.71. The smallest absolute Gasteiger partial charge is 0.338 e. The van der Waals surface area contributed by atoms with Crippen LogP contribution in [0.25, 0.3) is 0 Å². The summed E-state index contributed by atoms with van der Waals surface area (Å²) in [4.78, 5) is 33.7. The number of carbonyl (C=O) groups excluding carboxylic acids is 2. The first-order valence-electron chi connectivity index (χ1n) is 7.33. The van der Waals surface area contributed by atoms with Crippen molar-refractivity contribution in [2.45, 2.75) is 13.0 Å². The number of ether oxygens (including phenoxy) is 1. The van der Waals surface area contributed by atoms with E-state index in [0.717, 1.165) is 5.56 Å². The second-order valence-electron chi connectivity index (χ2n) is 5.22. The Morgan fingerprint density at radius 2 is 1.92 bits per heavy atom. The average Bonchev–Trinajstić information content (AvgIpc) is 2.59. The van der Waals surface area contributed by atoms with Crippen LogP contribution in [-0.4, -0.2) is 23.4 Å². The van der Waals surface area contributed by atoms with Gasteiger partial charge in [0.1, 0.15) is 0 Å². The van der Waals surface area contributed by atoms with Crippen molar-refractivity contribution in [1.82, 2.24) is 5.32 Å². The van der Waals surface area contributed by atoms with Gasteiger partial charge in [-0.2, -0.15) is 0 Å². The molecule has 1 amide bonds. The minimum atomic E-state index is -0.736. The molecule has 2 aromatic rings. The van der Waals surface area contributed by atoms with E-state index >= 15 is 0 Å². The molecule has 0 aliphatic carbocycles. The molecule has 130 valence electrons. The summed E-state index contributed by atoms with van der Waals surface area (Å²) in [6, 6.07) is 11.7. The summed E-state index contributed by atoms with van der Waals surface area (Å²) < 4.78 is 4.90. The highest BCUT2D eigenvalue weighted by Gasteiger charge is 2.14. The largest absolute Gasteiger partial charge is 0.452 e. The number of esters is 1. The van der Waals surface area contributed by atoms with Crippen LogP contribution in [-0.2, 0) is 9.53 Å². The van der Waals surface area contributed by atoms with Crippen LogP contribution in [0.1, 0.15) is 28.9 Å². The van der Waals surface area contributed by atoms with E-state index in [9.17, 15) is 19.7 Å². The van der Waals surface area contributed by atoms with Gasteiger partial charge in [-0.05, 0) is 36.8 Å². The second kappa shape index (κ2) is 8.25. The number of benzene rings is 2. The Balaban J connectivity index is 1.86. The van der Waals surface area contributed by atoms with Crippen LogP contribution >= 0.6 is 11.6 Å². The Morgan fingerprint density at radius 3 is 2.52 bits per heavy atom. The molecule has 1 atom stereocenters. The lowest BCUT2D eigenvalue weighted by atomic mass is 10.1. The minimum Gasteiger partial charge on any atom is -0.452 e. The van der Waals surface area contributed by atoms with Crippen LogP contribution in [0.3, 0.4) is 0 Å². The molecule has 0 saturated heterocycles. The van der Waals surface area contributed by atoms with Crippen molar-refractivity contribution in [2.75, 3.05) is 6.61 Å². The topological polar surface area (TPSA) is 98.5 Å². The number of rotatable bonds is 6. The minimum absolute atomic E-state index is 0.126. The number of nitro benzene ring substituents is 1. The van der Waals surface area contributed by atoms with Gasteiger partial charge in [0.25, 0.3) is 11.6 Å². The van der Waals surface area contributed by atoms with Crippen molar-refractivity contribution in [2.24, 2.45) is 0 Å². The molecule has 25 heavy (non-hydrogen) atoms. The molecule has 0 fully saturated rings. The Hall–Kier alpha value is -2.93. The summed E-state index contributed by atoms with van der Waals surface area (Å²) in [6.45, 7) is 1.32. The molecule has 0 bridgehead atoms. The van der Waals surface area contributed by atoms with Crippen LogP contribution < -0.4 is 5.32 Å². The maximum atomic E-state index is 11.9. The van der Waals surface area contributed by atoms with Crippen LogP contribution in [0, 0.1) is 10.1 Å². The molecule has 0 aromatic heterocycles. The normalized spacial score (nSPS) is 11.4. The van der Waals surface area contributed by atoms with E-state index in [1.807, 2.05) is 6.07 Å². The van der Waals surface area contributed by atoms with Crippen molar-refractivity contribution in [3.63, 3.8) is 0 Å². The molecule has 7 nitrogen and oxygen atoms in total. The fourth-order valence-corrected chi connectivity index (χ4v) is 2.27. The van der Waals surface area contributed by atoms with Gasteiger partial charge in [0.15, 0.2) is 6.61 Å². The van der Waals surface area contributed by atoms with Crippen LogP contribution in [0.2, 0.25) is 5.02 Å². The summed E-state index contributed by atoms with van der Waals surface area (Å²) in [7, 11) is 0. The third kappa shape index (κ3) is 5.29. The van der Waals surface area contributed by atoms with E-state index in [1.165, 1.54) is 24.3 Å². The summed E-state index contributed by atoms with van der Waals surface area (Å²) in [6.07, 6.45) is 0. The standard InChI is InChI=1S/C17H15ClN2O5/c1-11(13-3-2-4-14(18)9-13)19-16(21)10-25-17(22)12-5-7-15(8-6-12)20(23)24/h2-9,11H,10H2,1H3,(H,19,21)/t11-/m1/s1. The van der Waals surface area contributed by atoms with Gasteiger partial charge in [-0.15, -0.1) is 0 Å². The van der Waals surface area contributed by atoms with Gasteiger partial charge in [0.2, 0.25) is 0 Å². The summed E-state index contributed by atoms with van der Waals surface area (Å²) in [5.74, 6) is -1.21. The highest BCUT2D eigenvalue weighted by Crippen LogP contribution is 2.17. The molecule has 0 aliphatic rings. The first kappa shape index (κ1) is 18.4. The van der Waals surface area contributed by atoms with Crippen LogP contribution in [0.4, 0.5) is 5.69 Å². The summed E-state index contributed by atoms with van der Waals surface area (Å²) >= 11 is 5.90. The number of hydrogen-bond acceptors (Lipinski definition) is 5. The second-order valence-corrected chi connectivity index (χ2v) is 5.66. The quantitative estimate of drug-likeness (QED) is 0.483. The Kier molecular flexibility index (Phi) is 6.08. The van der Waals surface area contributed by atoms with Gasteiger partial charge >= 0.3 is 5.97 Å². The number of nitrogens with one attached hydrogen (secondary N) is 1. The molecule has 0 unspecified atom stereocenters. The van der Waals surface area contributed by atoms with E-state index in [4.69, 9.17) is 16.3 Å². The number of non-ortho nitro benzene ring substituents is 1. The monoisotopic (exact) mass is 362 g/mol. The van der Waals surface area contributed by atoms with E-state index < -0.39 is 23.4 Å². The number of halogens is 1. The van der Waals surface area contributed by atoms with E-state index in [-0.39, 0.29) is 17.3 Å². The lowest BCUT2D eigenvalue weighted by molar-refractivity contribution is -0.384. The van der Waals surface area contributed by atoms with Gasteiger partial charge in [0.05, 0.1) is 16.5 Å². The van der Waals surface area contributed by atoms with Gasteiger partial charge in [0, 0.05) is 17.2 Å². The third-order valence-electron chi connectivity index (χ3n) is 3.37. The van der Waals surface area contributed by atoms with Gasteiger partial charge < -0.3 is 10.1 Å². The molecule has 1 N–H and O–H groups in total. The number of nitro groups is 1. The molecule has 2 rings (SSSR count). The number of amides is 1. The molecular weight excluding hydrogens is 348 g/mol. The Bertz CT molecular complexity index is 792. The van der Waals surface area contributed by atoms with E-state index in [1.54, 1.807) is 25.1 Å². The maximum Gasteiger partial charge on any atom is 0.338 e. The molecule has 0 heterocycles. The van der Waals surface area contributed by atoms with Gasteiger partial charge in [-0.1, -0.05) is 23.7 Å². The fraction of sp³-hybridized carbons (Fsp3) is 0.176. The predicted molar refractivity (Wildman–Crippen MR) is 91.4 cm³/mol. The SMILES string of the molecule is C[C@@H](NC(=O)COC(=O)c1ccc([N+](=O)[O-])cc1)c1cccc(Cl)c1. The zero-order valence-corrected chi connectivity index (χ0v) is 14.0. The first-order chi connectivity index (χ1) is 11.9. The van der Waals surface area contributed by atoms with Gasteiger partial charge in [-0.25, -0.2) is 4.79 Å². The van der Waals surface area contributed by atoms with E-state index in [2.05, 4.69) is 5.32 Å². The molecule has 2 aromatic carbocycles. The zero-order chi connectivity index (χ0) is 18.4. The highest BCUT2D eigenvalue weighted by atomic mass is 35.5. The molecule has 0 spiro atoms. The number of carbonyl (C=O) groups is 2. The highest BCUT2D eigenvalue weighted by molar-refractivity contribution is 6.30. The number of nitrogens with zero attached hydrogens (tertiary/aromatic N) is 1. The lowest BCUT2D eigenvalue weighted by Gasteiger charge is -2.14. The van der Waals surface area contributed by atoms with Crippen molar-refractivity contribution in [1.29, 1.82) is 0 Å².